The van der Waals surface area contributed by atoms with Gasteiger partial charge in [-0.25, -0.2) is 8.42 Å². The van der Waals surface area contributed by atoms with Crippen molar-refractivity contribution in [3.05, 3.63) is 53.6 Å². The molecule has 2 aliphatic heterocycles. The van der Waals surface area contributed by atoms with Crippen LogP contribution in [-0.2, 0) is 16.4 Å². The van der Waals surface area contributed by atoms with E-state index in [1.807, 2.05) is 32.0 Å². The van der Waals surface area contributed by atoms with Crippen LogP contribution in [0.3, 0.4) is 0 Å². The zero-order valence-electron chi connectivity index (χ0n) is 15.8. The van der Waals surface area contributed by atoms with E-state index in [0.717, 1.165) is 12.0 Å². The first kappa shape index (κ1) is 19.0. The summed E-state index contributed by atoms with van der Waals surface area (Å²) >= 11 is 0. The van der Waals surface area contributed by atoms with Crippen LogP contribution in [0, 0.1) is 0 Å². The van der Waals surface area contributed by atoms with Crippen LogP contribution in [0.1, 0.15) is 31.0 Å². The van der Waals surface area contributed by atoms with Crippen LogP contribution < -0.4 is 19.5 Å². The summed E-state index contributed by atoms with van der Waals surface area (Å²) in [5.41, 5.74) is 1.47. The zero-order valence-corrected chi connectivity index (χ0v) is 16.6. The molecule has 0 aliphatic carbocycles. The number of aliphatic hydroxyl groups is 1. The number of rotatable bonds is 4. The van der Waals surface area contributed by atoms with Crippen LogP contribution in [-0.4, -0.2) is 37.7 Å². The lowest BCUT2D eigenvalue weighted by Crippen LogP contribution is -2.52. The van der Waals surface area contributed by atoms with Gasteiger partial charge in [-0.1, -0.05) is 30.3 Å². The van der Waals surface area contributed by atoms with Crippen LogP contribution >= 0.6 is 0 Å². The van der Waals surface area contributed by atoms with Crippen molar-refractivity contribution in [2.75, 3.05) is 17.2 Å². The molecule has 2 aromatic rings. The highest BCUT2D eigenvalue weighted by atomic mass is 32.2. The van der Waals surface area contributed by atoms with Gasteiger partial charge >= 0.3 is 0 Å². The third kappa shape index (κ3) is 3.67. The summed E-state index contributed by atoms with van der Waals surface area (Å²) in [6, 6.07) is 13.1. The SMILES string of the molecule is CC1(C)Oc2cc3c(cc2[C@H](NCCc2ccccc2)[C@H]1O)OCS(=O)(=O)N3. The molecule has 0 saturated heterocycles. The average Bonchev–Trinajstić information content (AvgIpc) is 2.64. The molecule has 0 bridgehead atoms. The Morgan fingerprint density at radius 3 is 2.71 bits per heavy atom. The number of anilines is 1. The lowest BCUT2D eigenvalue weighted by molar-refractivity contribution is -0.0644. The highest BCUT2D eigenvalue weighted by Crippen LogP contribution is 2.45. The Labute approximate surface area is 164 Å². The minimum atomic E-state index is -3.51. The second-order valence-corrected chi connectivity index (χ2v) is 9.35. The minimum Gasteiger partial charge on any atom is -0.485 e. The molecule has 0 saturated carbocycles. The van der Waals surface area contributed by atoms with E-state index in [2.05, 4.69) is 22.2 Å². The topological polar surface area (TPSA) is 96.9 Å². The summed E-state index contributed by atoms with van der Waals surface area (Å²) in [4.78, 5) is 0. The number of sulfonamides is 1. The molecule has 2 aliphatic rings. The number of hydrogen-bond donors (Lipinski definition) is 3. The molecule has 0 radical (unpaired) electrons. The lowest BCUT2D eigenvalue weighted by atomic mass is 9.86. The van der Waals surface area contributed by atoms with Crippen molar-refractivity contribution in [1.82, 2.24) is 5.32 Å². The van der Waals surface area contributed by atoms with Crippen LogP contribution in [0.15, 0.2) is 42.5 Å². The van der Waals surface area contributed by atoms with Gasteiger partial charge in [-0.15, -0.1) is 0 Å². The second-order valence-electron chi connectivity index (χ2n) is 7.68. The maximum absolute atomic E-state index is 11.8. The fourth-order valence-electron chi connectivity index (χ4n) is 3.60. The predicted molar refractivity (Wildman–Crippen MR) is 106 cm³/mol. The fourth-order valence-corrected chi connectivity index (χ4v) is 4.43. The van der Waals surface area contributed by atoms with Crippen LogP contribution in [0.5, 0.6) is 11.5 Å². The molecule has 0 spiro atoms. The number of nitrogens with one attached hydrogen (secondary N) is 2. The molecule has 150 valence electrons. The number of benzene rings is 2. The van der Waals surface area contributed by atoms with E-state index in [1.165, 1.54) is 5.56 Å². The van der Waals surface area contributed by atoms with E-state index >= 15 is 0 Å². The first-order valence-electron chi connectivity index (χ1n) is 9.21. The highest BCUT2D eigenvalue weighted by Gasteiger charge is 2.43. The van der Waals surface area contributed by atoms with Gasteiger partial charge in [-0.05, 0) is 38.4 Å². The van der Waals surface area contributed by atoms with Gasteiger partial charge in [-0.2, -0.15) is 0 Å². The summed E-state index contributed by atoms with van der Waals surface area (Å²) < 4.78 is 37.4. The first-order valence-corrected chi connectivity index (χ1v) is 10.9. The Bertz CT molecular complexity index is 976. The van der Waals surface area contributed by atoms with Gasteiger partial charge in [-0.3, -0.25) is 4.72 Å². The summed E-state index contributed by atoms with van der Waals surface area (Å²) in [6.07, 6.45) is 0.0381. The van der Waals surface area contributed by atoms with Gasteiger partial charge in [0.05, 0.1) is 11.7 Å². The van der Waals surface area contributed by atoms with E-state index < -0.39 is 27.7 Å². The smallest absolute Gasteiger partial charge is 0.268 e. The molecular weight excluding hydrogens is 380 g/mol. The molecular formula is C20H24N2O5S. The Morgan fingerprint density at radius 1 is 1.21 bits per heavy atom. The third-order valence-electron chi connectivity index (χ3n) is 5.10. The van der Waals surface area contributed by atoms with Gasteiger partial charge in [0, 0.05) is 11.6 Å². The van der Waals surface area contributed by atoms with E-state index in [-0.39, 0.29) is 6.04 Å². The quantitative estimate of drug-likeness (QED) is 0.723. The molecule has 28 heavy (non-hydrogen) atoms. The number of ether oxygens (including phenoxy) is 2. The number of aliphatic hydroxyl groups excluding tert-OH is 1. The first-order chi connectivity index (χ1) is 13.3. The average molecular weight is 404 g/mol. The Hall–Kier alpha value is -2.29. The van der Waals surface area contributed by atoms with E-state index in [4.69, 9.17) is 9.47 Å². The second kappa shape index (κ2) is 6.95. The van der Waals surface area contributed by atoms with Crippen LogP contribution in [0.2, 0.25) is 0 Å². The van der Waals surface area contributed by atoms with Crippen LogP contribution in [0.4, 0.5) is 5.69 Å². The lowest BCUT2D eigenvalue weighted by Gasteiger charge is -2.43. The van der Waals surface area contributed by atoms with Gasteiger partial charge in [0.2, 0.25) is 5.94 Å². The van der Waals surface area contributed by atoms with Crippen molar-refractivity contribution in [2.45, 2.75) is 38.0 Å². The van der Waals surface area contributed by atoms with Gasteiger partial charge in [0.25, 0.3) is 10.0 Å². The molecule has 4 rings (SSSR count). The predicted octanol–water partition coefficient (Wildman–Crippen LogP) is 2.18. The largest absolute Gasteiger partial charge is 0.485 e. The molecule has 3 N–H and O–H groups in total. The molecule has 7 nitrogen and oxygen atoms in total. The Morgan fingerprint density at radius 2 is 1.96 bits per heavy atom. The van der Waals surface area contributed by atoms with Gasteiger partial charge < -0.3 is 19.9 Å². The molecule has 8 heteroatoms. The summed E-state index contributed by atoms with van der Waals surface area (Å²) in [6.45, 7) is 4.30. The van der Waals surface area contributed by atoms with Crippen molar-refractivity contribution in [2.24, 2.45) is 0 Å². The van der Waals surface area contributed by atoms with E-state index in [1.54, 1.807) is 12.1 Å². The third-order valence-corrected chi connectivity index (χ3v) is 6.06. The Balaban J connectivity index is 1.61. The van der Waals surface area contributed by atoms with Crippen molar-refractivity contribution in [3.8, 4) is 11.5 Å². The van der Waals surface area contributed by atoms with E-state index in [0.29, 0.717) is 23.7 Å². The molecule has 2 heterocycles. The maximum Gasteiger partial charge on any atom is 0.268 e. The maximum atomic E-state index is 11.8. The number of hydrogen-bond acceptors (Lipinski definition) is 6. The van der Waals surface area contributed by atoms with E-state index in [9.17, 15) is 13.5 Å². The minimum absolute atomic E-state index is 0.347. The van der Waals surface area contributed by atoms with Crippen LogP contribution in [0.25, 0.3) is 0 Å². The van der Waals surface area contributed by atoms with Crippen molar-refractivity contribution >= 4 is 15.7 Å². The monoisotopic (exact) mass is 404 g/mol. The Kier molecular flexibility index (Phi) is 4.73. The molecule has 0 amide bonds. The summed E-state index contributed by atoms with van der Waals surface area (Å²) in [5.74, 6) is 0.526. The van der Waals surface area contributed by atoms with Crippen molar-refractivity contribution in [3.63, 3.8) is 0 Å². The molecule has 0 fully saturated rings. The zero-order chi connectivity index (χ0) is 19.9. The molecule has 2 aromatic carbocycles. The van der Waals surface area contributed by atoms with Gasteiger partial charge in [0.15, 0.2) is 0 Å². The molecule has 0 aromatic heterocycles. The molecule has 2 atom stereocenters. The van der Waals surface area contributed by atoms with Crippen molar-refractivity contribution < 1.29 is 23.0 Å². The normalized spacial score (nSPS) is 24.1. The highest BCUT2D eigenvalue weighted by molar-refractivity contribution is 7.92. The standard InChI is InChI=1S/C20H24N2O5S/c1-20(2)19(23)18(21-9-8-13-6-4-3-5-7-13)14-10-17-15(11-16(14)27-20)22-28(24,25)12-26-17/h3-7,10-11,18-19,21-23H,8-9,12H2,1-2H3/t18-,19+/m0/s1. The fraction of sp³-hybridized carbons (Fsp3) is 0.400. The summed E-state index contributed by atoms with van der Waals surface area (Å²) in [5, 5.41) is 14.3. The molecule has 0 unspecified atom stereocenters. The van der Waals surface area contributed by atoms with Gasteiger partial charge in [0.1, 0.15) is 23.2 Å². The summed E-state index contributed by atoms with van der Waals surface area (Å²) in [7, 11) is -3.51. The number of fused-ring (bicyclic) bond motifs is 2. The van der Waals surface area contributed by atoms with Crippen molar-refractivity contribution in [1.29, 1.82) is 0 Å².